The van der Waals surface area contributed by atoms with Crippen molar-refractivity contribution in [3.63, 3.8) is 0 Å². The summed E-state index contributed by atoms with van der Waals surface area (Å²) in [5, 5.41) is 7.05. The summed E-state index contributed by atoms with van der Waals surface area (Å²) >= 11 is 6.93. The molecule has 116 valence electrons. The Morgan fingerprint density at radius 1 is 1.36 bits per heavy atom. The van der Waals surface area contributed by atoms with Gasteiger partial charge in [0.2, 0.25) is 0 Å². The normalized spacial score (nSPS) is 10.3. The maximum atomic E-state index is 12.1. The third-order valence-corrected chi connectivity index (χ3v) is 3.97. The molecule has 0 saturated heterocycles. The zero-order chi connectivity index (χ0) is 16.1. The largest absolute Gasteiger partial charge is 0.351 e. The van der Waals surface area contributed by atoms with Crippen LogP contribution in [0.25, 0.3) is 0 Å². The Morgan fingerprint density at radius 3 is 2.82 bits per heavy atom. The second-order valence-corrected chi connectivity index (χ2v) is 5.76. The molecule has 0 aliphatic heterocycles. The molecule has 2 aromatic heterocycles. The minimum Gasteiger partial charge on any atom is -0.351 e. The smallest absolute Gasteiger partial charge is 0.266 e. The minimum absolute atomic E-state index is 0.0705. The summed E-state index contributed by atoms with van der Waals surface area (Å²) in [7, 11) is 0. The average Bonchev–Trinajstić information content (AvgIpc) is 2.95. The van der Waals surface area contributed by atoms with Gasteiger partial charge in [0.25, 0.3) is 17.4 Å². The monoisotopic (exact) mass is 339 g/mol. The van der Waals surface area contributed by atoms with Crippen molar-refractivity contribution in [2.45, 2.75) is 13.3 Å². The van der Waals surface area contributed by atoms with Crippen molar-refractivity contribution < 1.29 is 9.59 Å². The Morgan fingerprint density at radius 2 is 2.14 bits per heavy atom. The van der Waals surface area contributed by atoms with E-state index in [1.165, 1.54) is 23.6 Å². The van der Waals surface area contributed by atoms with Gasteiger partial charge < -0.3 is 15.6 Å². The van der Waals surface area contributed by atoms with Crippen LogP contribution in [0.1, 0.15) is 33.4 Å². The van der Waals surface area contributed by atoms with Crippen molar-refractivity contribution in [1.82, 2.24) is 10.3 Å². The quantitative estimate of drug-likeness (QED) is 0.781. The van der Waals surface area contributed by atoms with E-state index in [9.17, 15) is 14.4 Å². The topological polar surface area (TPSA) is 91.1 Å². The molecular weight excluding hydrogens is 326 g/mol. The number of hydrogen-bond acceptors (Lipinski definition) is 4. The highest BCUT2D eigenvalue weighted by atomic mass is 35.5. The molecule has 0 aliphatic rings. The number of H-pyrrole nitrogens is 1. The van der Waals surface area contributed by atoms with Gasteiger partial charge in [-0.15, -0.1) is 11.3 Å². The van der Waals surface area contributed by atoms with E-state index in [2.05, 4.69) is 15.6 Å². The predicted molar refractivity (Wildman–Crippen MR) is 87.0 cm³/mol. The lowest BCUT2D eigenvalue weighted by atomic mass is 10.2. The number of hydrogen-bond donors (Lipinski definition) is 3. The highest BCUT2D eigenvalue weighted by molar-refractivity contribution is 7.12. The van der Waals surface area contributed by atoms with Gasteiger partial charge in [0.1, 0.15) is 9.90 Å². The molecule has 0 aromatic carbocycles. The van der Waals surface area contributed by atoms with Crippen LogP contribution in [0.15, 0.2) is 28.5 Å². The van der Waals surface area contributed by atoms with Crippen LogP contribution < -0.4 is 16.2 Å². The summed E-state index contributed by atoms with van der Waals surface area (Å²) in [6.07, 6.45) is 2.10. The number of nitrogens with one attached hydrogen (secondary N) is 3. The van der Waals surface area contributed by atoms with E-state index in [0.29, 0.717) is 17.1 Å². The lowest BCUT2D eigenvalue weighted by Crippen LogP contribution is -2.24. The molecule has 2 aromatic rings. The van der Waals surface area contributed by atoms with Gasteiger partial charge in [-0.25, -0.2) is 0 Å². The van der Waals surface area contributed by atoms with E-state index < -0.39 is 11.5 Å². The van der Waals surface area contributed by atoms with Gasteiger partial charge in [0.05, 0.1) is 11.3 Å². The molecular formula is C14H14ClN3O3S. The highest BCUT2D eigenvalue weighted by Crippen LogP contribution is 2.23. The SMILES string of the molecule is CCCNC(=O)c1sccc1NC(=O)c1c[nH]c(=O)c(Cl)c1. The Balaban J connectivity index is 2.15. The van der Waals surface area contributed by atoms with Crippen LogP contribution in [0.3, 0.4) is 0 Å². The van der Waals surface area contributed by atoms with Crippen molar-refractivity contribution in [1.29, 1.82) is 0 Å². The number of aromatic amines is 1. The Labute approximate surface area is 135 Å². The van der Waals surface area contributed by atoms with Gasteiger partial charge in [0, 0.05) is 12.7 Å². The Bertz CT molecular complexity index is 754. The van der Waals surface area contributed by atoms with Crippen molar-refractivity contribution in [3.05, 3.63) is 49.5 Å². The van der Waals surface area contributed by atoms with Gasteiger partial charge in [-0.3, -0.25) is 14.4 Å². The van der Waals surface area contributed by atoms with E-state index in [4.69, 9.17) is 11.6 Å². The summed E-state index contributed by atoms with van der Waals surface area (Å²) in [5.41, 5.74) is 0.162. The number of carbonyl (C=O) groups excluding carboxylic acids is 2. The third-order valence-electron chi connectivity index (χ3n) is 2.78. The fourth-order valence-corrected chi connectivity index (χ4v) is 2.62. The maximum absolute atomic E-state index is 12.1. The highest BCUT2D eigenvalue weighted by Gasteiger charge is 2.16. The van der Waals surface area contributed by atoms with E-state index in [-0.39, 0.29) is 16.5 Å². The van der Waals surface area contributed by atoms with E-state index in [0.717, 1.165) is 6.42 Å². The molecule has 0 unspecified atom stereocenters. The van der Waals surface area contributed by atoms with Crippen LogP contribution in [0, 0.1) is 0 Å². The number of rotatable bonds is 5. The Hall–Kier alpha value is -2.12. The lowest BCUT2D eigenvalue weighted by molar-refractivity contribution is 0.0958. The predicted octanol–water partition coefficient (Wildman–Crippen LogP) is 2.48. The van der Waals surface area contributed by atoms with Gasteiger partial charge in [-0.05, 0) is 23.9 Å². The van der Waals surface area contributed by atoms with Crippen molar-refractivity contribution >= 4 is 40.4 Å². The van der Waals surface area contributed by atoms with Crippen molar-refractivity contribution in [3.8, 4) is 0 Å². The number of carbonyl (C=O) groups is 2. The standard InChI is InChI=1S/C14H14ClN3O3S/c1-2-4-16-14(21)11-10(3-5-22-11)18-12(19)8-6-9(15)13(20)17-7-8/h3,5-7H,2,4H2,1H3,(H,16,21)(H,17,20)(H,18,19). The number of anilines is 1. The molecule has 22 heavy (non-hydrogen) atoms. The van der Waals surface area contributed by atoms with E-state index >= 15 is 0 Å². The van der Waals surface area contributed by atoms with Gasteiger partial charge in [-0.2, -0.15) is 0 Å². The van der Waals surface area contributed by atoms with Crippen LogP contribution in [0.4, 0.5) is 5.69 Å². The maximum Gasteiger partial charge on any atom is 0.266 e. The van der Waals surface area contributed by atoms with E-state index in [1.807, 2.05) is 6.92 Å². The van der Waals surface area contributed by atoms with Crippen LogP contribution >= 0.6 is 22.9 Å². The van der Waals surface area contributed by atoms with Crippen LogP contribution in [-0.4, -0.2) is 23.3 Å². The summed E-state index contributed by atoms with van der Waals surface area (Å²) in [5.74, 6) is -0.687. The average molecular weight is 340 g/mol. The van der Waals surface area contributed by atoms with Crippen LogP contribution in [-0.2, 0) is 0 Å². The number of amides is 2. The third kappa shape index (κ3) is 3.75. The molecule has 0 aliphatic carbocycles. The molecule has 6 nitrogen and oxygen atoms in total. The molecule has 8 heteroatoms. The number of thiophene rings is 1. The van der Waals surface area contributed by atoms with E-state index in [1.54, 1.807) is 11.4 Å². The molecule has 2 rings (SSSR count). The zero-order valence-electron chi connectivity index (χ0n) is 11.7. The second kappa shape index (κ2) is 7.24. The van der Waals surface area contributed by atoms with Crippen LogP contribution in [0.5, 0.6) is 0 Å². The van der Waals surface area contributed by atoms with Crippen molar-refractivity contribution in [2.24, 2.45) is 0 Å². The molecule has 2 heterocycles. The first-order chi connectivity index (χ1) is 10.5. The van der Waals surface area contributed by atoms with Gasteiger partial charge in [-0.1, -0.05) is 18.5 Å². The second-order valence-electron chi connectivity index (χ2n) is 4.44. The summed E-state index contributed by atoms with van der Waals surface area (Å²) in [6.45, 7) is 2.52. The molecule has 0 fully saturated rings. The first-order valence-corrected chi connectivity index (χ1v) is 7.84. The molecule has 3 N–H and O–H groups in total. The van der Waals surface area contributed by atoms with Crippen LogP contribution in [0.2, 0.25) is 5.02 Å². The number of halogens is 1. The minimum atomic E-state index is -0.464. The fourth-order valence-electron chi connectivity index (χ4n) is 1.68. The molecule has 0 bridgehead atoms. The van der Waals surface area contributed by atoms with Gasteiger partial charge >= 0.3 is 0 Å². The lowest BCUT2D eigenvalue weighted by Gasteiger charge is -2.07. The molecule has 0 saturated carbocycles. The summed E-state index contributed by atoms with van der Waals surface area (Å²) in [6, 6.07) is 2.93. The number of aromatic nitrogens is 1. The summed E-state index contributed by atoms with van der Waals surface area (Å²) in [4.78, 5) is 38.1. The Kier molecular flexibility index (Phi) is 5.35. The molecule has 0 atom stereocenters. The number of pyridine rings is 1. The molecule has 0 spiro atoms. The first-order valence-electron chi connectivity index (χ1n) is 6.58. The van der Waals surface area contributed by atoms with Gasteiger partial charge in [0.15, 0.2) is 0 Å². The fraction of sp³-hybridized carbons (Fsp3) is 0.214. The zero-order valence-corrected chi connectivity index (χ0v) is 13.3. The molecule has 2 amide bonds. The van der Waals surface area contributed by atoms with Crippen molar-refractivity contribution in [2.75, 3.05) is 11.9 Å². The molecule has 0 radical (unpaired) electrons. The first kappa shape index (κ1) is 16.3. The summed E-state index contributed by atoms with van der Waals surface area (Å²) < 4.78 is 0.